The van der Waals surface area contributed by atoms with Crippen LogP contribution in [0.15, 0.2) is 36.4 Å². The number of aromatic nitrogens is 1. The SMILES string of the molecule is NC(=O)c1cccc(NC2CCN(C(=O)CNc3ccc4c(c3)C(=O)N(C3CCC(=O)NC3=O)C4=O)CC2)n1. The Bertz CT molecular complexity index is 1380. The fourth-order valence-electron chi connectivity index (χ4n) is 5.01. The van der Waals surface area contributed by atoms with Gasteiger partial charge in [0, 0.05) is 31.2 Å². The second-order valence-corrected chi connectivity index (χ2v) is 9.63. The van der Waals surface area contributed by atoms with Crippen molar-refractivity contribution in [3.8, 4) is 0 Å². The Hall–Kier alpha value is -4.81. The molecule has 5 rings (SSSR count). The number of rotatable bonds is 7. The molecular weight excluding hydrogens is 506 g/mol. The molecule has 2 fully saturated rings. The number of benzene rings is 1. The highest BCUT2D eigenvalue weighted by molar-refractivity contribution is 6.23. The van der Waals surface area contributed by atoms with Crippen molar-refractivity contribution in [1.29, 1.82) is 0 Å². The van der Waals surface area contributed by atoms with Gasteiger partial charge >= 0.3 is 0 Å². The van der Waals surface area contributed by atoms with Crippen LogP contribution in [0.25, 0.3) is 0 Å². The lowest BCUT2D eigenvalue weighted by atomic mass is 10.0. The Kier molecular flexibility index (Phi) is 6.96. The zero-order chi connectivity index (χ0) is 27.7. The van der Waals surface area contributed by atoms with Gasteiger partial charge in [0.15, 0.2) is 0 Å². The molecule has 6 amide bonds. The van der Waals surface area contributed by atoms with Crippen molar-refractivity contribution < 1.29 is 28.8 Å². The third-order valence-corrected chi connectivity index (χ3v) is 7.08. The second kappa shape index (κ2) is 10.5. The van der Waals surface area contributed by atoms with Crippen LogP contribution in [0.1, 0.15) is 56.9 Å². The number of carbonyl (C=O) groups excluding carboxylic acids is 6. The lowest BCUT2D eigenvalue weighted by Gasteiger charge is -2.32. The number of hydrogen-bond acceptors (Lipinski definition) is 9. The second-order valence-electron chi connectivity index (χ2n) is 9.63. The molecule has 5 N–H and O–H groups in total. The molecule has 39 heavy (non-hydrogen) atoms. The van der Waals surface area contributed by atoms with Crippen LogP contribution in [0, 0.1) is 0 Å². The zero-order valence-electron chi connectivity index (χ0n) is 20.9. The molecule has 0 aliphatic carbocycles. The van der Waals surface area contributed by atoms with Gasteiger partial charge < -0.3 is 21.3 Å². The number of pyridine rings is 1. The van der Waals surface area contributed by atoms with Gasteiger partial charge in [0.25, 0.3) is 17.7 Å². The lowest BCUT2D eigenvalue weighted by molar-refractivity contribution is -0.136. The molecule has 0 radical (unpaired) electrons. The average molecular weight is 534 g/mol. The van der Waals surface area contributed by atoms with Crippen LogP contribution in [0.2, 0.25) is 0 Å². The third-order valence-electron chi connectivity index (χ3n) is 7.08. The number of imide groups is 2. The van der Waals surface area contributed by atoms with E-state index in [0.29, 0.717) is 37.4 Å². The van der Waals surface area contributed by atoms with Crippen molar-refractivity contribution in [2.75, 3.05) is 30.3 Å². The predicted molar refractivity (Wildman–Crippen MR) is 138 cm³/mol. The fourth-order valence-corrected chi connectivity index (χ4v) is 5.01. The molecule has 3 aliphatic heterocycles. The van der Waals surface area contributed by atoms with E-state index in [1.54, 1.807) is 29.2 Å². The van der Waals surface area contributed by atoms with Crippen molar-refractivity contribution >= 4 is 46.9 Å². The molecule has 4 heterocycles. The molecular formula is C26H27N7O6. The molecule has 0 spiro atoms. The van der Waals surface area contributed by atoms with E-state index in [1.807, 2.05) is 0 Å². The van der Waals surface area contributed by atoms with Gasteiger partial charge in [-0.2, -0.15) is 0 Å². The first kappa shape index (κ1) is 25.8. The predicted octanol–water partition coefficient (Wildman–Crippen LogP) is 0.0967. The maximum absolute atomic E-state index is 13.0. The van der Waals surface area contributed by atoms with Gasteiger partial charge in [0.1, 0.15) is 17.6 Å². The van der Waals surface area contributed by atoms with Gasteiger partial charge in [0.2, 0.25) is 17.7 Å². The summed E-state index contributed by atoms with van der Waals surface area (Å²) in [5.74, 6) is -2.45. The topological polar surface area (TPSA) is 184 Å². The van der Waals surface area contributed by atoms with Crippen LogP contribution in [0.5, 0.6) is 0 Å². The fraction of sp³-hybridized carbons (Fsp3) is 0.346. The molecule has 13 heteroatoms. The van der Waals surface area contributed by atoms with Crippen molar-refractivity contribution in [3.05, 3.63) is 53.2 Å². The van der Waals surface area contributed by atoms with Gasteiger partial charge in [-0.1, -0.05) is 6.07 Å². The smallest absolute Gasteiger partial charge is 0.267 e. The molecule has 3 aliphatic rings. The highest BCUT2D eigenvalue weighted by Gasteiger charge is 2.44. The van der Waals surface area contributed by atoms with E-state index in [2.05, 4.69) is 20.9 Å². The number of primary amides is 1. The molecule has 1 aromatic carbocycles. The number of hydrogen-bond donors (Lipinski definition) is 4. The number of piperidine rings is 2. The van der Waals surface area contributed by atoms with E-state index >= 15 is 0 Å². The first-order chi connectivity index (χ1) is 18.7. The molecule has 202 valence electrons. The summed E-state index contributed by atoms with van der Waals surface area (Å²) in [6.07, 6.45) is 1.52. The number of amides is 6. The van der Waals surface area contributed by atoms with Crippen molar-refractivity contribution in [3.63, 3.8) is 0 Å². The molecule has 1 aromatic heterocycles. The Morgan fingerprint density at radius 1 is 1.00 bits per heavy atom. The minimum absolute atomic E-state index is 0.00190. The summed E-state index contributed by atoms with van der Waals surface area (Å²) in [6.45, 7) is 1.07. The average Bonchev–Trinajstić information content (AvgIpc) is 3.17. The van der Waals surface area contributed by atoms with Gasteiger partial charge in [-0.3, -0.25) is 39.0 Å². The normalized spacial score (nSPS) is 19.5. The largest absolute Gasteiger partial charge is 0.376 e. The number of fused-ring (bicyclic) bond motifs is 1. The van der Waals surface area contributed by atoms with E-state index in [4.69, 9.17) is 5.73 Å². The highest BCUT2D eigenvalue weighted by Crippen LogP contribution is 2.29. The highest BCUT2D eigenvalue weighted by atomic mass is 16.2. The maximum Gasteiger partial charge on any atom is 0.267 e. The van der Waals surface area contributed by atoms with Gasteiger partial charge in [-0.05, 0) is 49.6 Å². The Balaban J connectivity index is 1.14. The lowest BCUT2D eigenvalue weighted by Crippen LogP contribution is -2.54. The molecule has 0 bridgehead atoms. The summed E-state index contributed by atoms with van der Waals surface area (Å²) in [5.41, 5.74) is 6.27. The molecule has 0 saturated carbocycles. The summed E-state index contributed by atoms with van der Waals surface area (Å²) in [5, 5.41) is 8.46. The van der Waals surface area contributed by atoms with E-state index < -0.39 is 35.6 Å². The van der Waals surface area contributed by atoms with Crippen LogP contribution in [0.3, 0.4) is 0 Å². The van der Waals surface area contributed by atoms with Crippen molar-refractivity contribution in [2.45, 2.75) is 37.8 Å². The summed E-state index contributed by atoms with van der Waals surface area (Å²) in [4.78, 5) is 80.5. The summed E-state index contributed by atoms with van der Waals surface area (Å²) in [6, 6.07) is 8.66. The Labute approximate surface area is 223 Å². The van der Waals surface area contributed by atoms with Crippen molar-refractivity contribution in [1.82, 2.24) is 20.1 Å². The van der Waals surface area contributed by atoms with Crippen LogP contribution < -0.4 is 21.7 Å². The molecule has 1 unspecified atom stereocenters. The number of nitrogens with zero attached hydrogens (tertiary/aromatic N) is 3. The summed E-state index contributed by atoms with van der Waals surface area (Å²) in [7, 11) is 0. The standard InChI is InChI=1S/C26H27N7O6/c27-23(36)18-2-1-3-20(30-18)29-14-8-10-32(11-9-14)22(35)13-28-15-4-5-16-17(12-15)26(39)33(25(16)38)19-6-7-21(34)31-24(19)37/h1-5,12,14,19,28H,6-11,13H2,(H2,27,36)(H,29,30)(H,31,34,37). The van der Waals surface area contributed by atoms with Gasteiger partial charge in [-0.15, -0.1) is 0 Å². The van der Waals surface area contributed by atoms with E-state index in [-0.39, 0.29) is 48.2 Å². The van der Waals surface area contributed by atoms with Crippen LogP contribution in [0.4, 0.5) is 11.5 Å². The molecule has 13 nitrogen and oxygen atoms in total. The summed E-state index contributed by atoms with van der Waals surface area (Å²) < 4.78 is 0. The Morgan fingerprint density at radius 2 is 1.74 bits per heavy atom. The van der Waals surface area contributed by atoms with Crippen LogP contribution >= 0.6 is 0 Å². The monoisotopic (exact) mass is 533 g/mol. The minimum atomic E-state index is -1.03. The van der Waals surface area contributed by atoms with Crippen molar-refractivity contribution in [2.24, 2.45) is 5.73 Å². The maximum atomic E-state index is 13.0. The molecule has 2 saturated heterocycles. The number of nitrogens with two attached hydrogens (primary N) is 1. The first-order valence-electron chi connectivity index (χ1n) is 12.6. The molecule has 1 atom stereocenters. The minimum Gasteiger partial charge on any atom is -0.376 e. The number of nitrogens with one attached hydrogen (secondary N) is 3. The first-order valence-corrected chi connectivity index (χ1v) is 12.6. The number of likely N-dealkylation sites (tertiary alicyclic amines) is 1. The molecule has 2 aromatic rings. The van der Waals surface area contributed by atoms with E-state index in [1.165, 1.54) is 12.1 Å². The number of carbonyl (C=O) groups is 6. The third kappa shape index (κ3) is 5.28. The van der Waals surface area contributed by atoms with Crippen LogP contribution in [-0.4, -0.2) is 81.9 Å². The zero-order valence-corrected chi connectivity index (χ0v) is 20.9. The Morgan fingerprint density at radius 3 is 2.46 bits per heavy atom. The van der Waals surface area contributed by atoms with Crippen LogP contribution in [-0.2, 0) is 14.4 Å². The number of anilines is 2. The van der Waals surface area contributed by atoms with E-state index in [0.717, 1.165) is 4.90 Å². The quantitative estimate of drug-likeness (QED) is 0.358. The van der Waals surface area contributed by atoms with Gasteiger partial charge in [0.05, 0.1) is 17.7 Å². The summed E-state index contributed by atoms with van der Waals surface area (Å²) >= 11 is 0. The van der Waals surface area contributed by atoms with E-state index in [9.17, 15) is 28.8 Å². The van der Waals surface area contributed by atoms with Gasteiger partial charge in [-0.25, -0.2) is 4.98 Å².